The van der Waals surface area contributed by atoms with Gasteiger partial charge in [-0.25, -0.2) is 0 Å². The smallest absolute Gasteiger partial charge is 0.0432 e. The Balaban J connectivity index is 2.82. The first kappa shape index (κ1) is 5.47. The number of nitrogens with one attached hydrogen (secondary N) is 1. The Morgan fingerprint density at radius 3 is 3.50 bits per heavy atom. The number of fused-ring (bicyclic) bond motifs is 1. The molecule has 1 aromatic rings. The van der Waals surface area contributed by atoms with E-state index in [1.807, 2.05) is 24.7 Å². The molecule has 2 heterocycles. The molecule has 0 saturated heterocycles. The fourth-order valence-corrected chi connectivity index (χ4v) is 1.05. The van der Waals surface area contributed by atoms with Gasteiger partial charge in [-0.2, -0.15) is 0 Å². The Morgan fingerprint density at radius 1 is 1.50 bits per heavy atom. The Hall–Kier alpha value is -1.31. The molecule has 50 valence electrons. The Labute approximate surface area is 58.6 Å². The number of nitrogens with zero attached hydrogens (tertiary/aromatic N) is 1. The predicted octanol–water partition coefficient (Wildman–Crippen LogP) is 0.00770. The van der Waals surface area contributed by atoms with E-state index in [1.165, 1.54) is 10.6 Å². The summed E-state index contributed by atoms with van der Waals surface area (Å²) in [5.41, 5.74) is 0. The van der Waals surface area contributed by atoms with Crippen molar-refractivity contribution in [2.75, 3.05) is 0 Å². The van der Waals surface area contributed by atoms with Crippen LogP contribution in [0.15, 0.2) is 17.3 Å². The number of rotatable bonds is 0. The van der Waals surface area contributed by atoms with Crippen molar-refractivity contribution >= 4 is 18.5 Å². The number of aromatic nitrogens is 1. The largest absolute Gasteiger partial charge is 0.361 e. The first-order valence-corrected chi connectivity index (χ1v) is 3.32. The number of aromatic amines is 1. The summed E-state index contributed by atoms with van der Waals surface area (Å²) in [6.07, 6.45) is 8.74. The van der Waals surface area contributed by atoms with E-state index in [0.29, 0.717) is 0 Å². The molecule has 1 N–H and O–H groups in total. The van der Waals surface area contributed by atoms with E-state index in [2.05, 4.69) is 16.1 Å². The summed E-state index contributed by atoms with van der Waals surface area (Å²) in [5, 5.41) is 2.35. The minimum Gasteiger partial charge on any atom is -0.361 e. The maximum Gasteiger partial charge on any atom is 0.0432 e. The third-order valence-corrected chi connectivity index (χ3v) is 1.56. The Kier molecular flexibility index (Phi) is 1.17. The van der Waals surface area contributed by atoms with Crippen LogP contribution in [0.5, 0.6) is 0 Å². The third kappa shape index (κ3) is 0.778. The zero-order valence-corrected chi connectivity index (χ0v) is 5.54. The van der Waals surface area contributed by atoms with E-state index in [-0.39, 0.29) is 0 Å². The van der Waals surface area contributed by atoms with Gasteiger partial charge in [0.2, 0.25) is 0 Å². The topological polar surface area (TPSA) is 28.1 Å². The van der Waals surface area contributed by atoms with E-state index in [9.17, 15) is 0 Å². The first-order chi connectivity index (χ1) is 4.97. The molecule has 1 aromatic heterocycles. The van der Waals surface area contributed by atoms with Gasteiger partial charge < -0.3 is 4.98 Å². The zero-order valence-electron chi connectivity index (χ0n) is 5.54. The van der Waals surface area contributed by atoms with Crippen molar-refractivity contribution in [3.05, 3.63) is 22.8 Å². The van der Waals surface area contributed by atoms with Gasteiger partial charge in [0.15, 0.2) is 0 Å². The molecule has 2 nitrogen and oxygen atoms in total. The highest BCUT2D eigenvalue weighted by Gasteiger charge is 1.86. The molecule has 0 unspecified atom stereocenters. The van der Waals surface area contributed by atoms with Crippen molar-refractivity contribution in [1.82, 2.24) is 4.98 Å². The first-order valence-electron chi connectivity index (χ1n) is 3.32. The third-order valence-electron chi connectivity index (χ3n) is 1.56. The number of aliphatic imine (C=N–C) groups is 1. The highest BCUT2D eigenvalue weighted by molar-refractivity contribution is 5.68. The molecule has 2 rings (SSSR count). The average molecular weight is 132 g/mol. The highest BCUT2D eigenvalue weighted by atomic mass is 14.7. The molecule has 1 aliphatic rings. The second kappa shape index (κ2) is 2.14. The summed E-state index contributed by atoms with van der Waals surface area (Å²) in [4.78, 5) is 7.21. The van der Waals surface area contributed by atoms with E-state index < -0.39 is 0 Å². The van der Waals surface area contributed by atoms with Gasteiger partial charge in [-0.1, -0.05) is 6.08 Å². The lowest BCUT2D eigenvalue weighted by Crippen LogP contribution is -2.20. The van der Waals surface area contributed by atoms with Crippen molar-refractivity contribution < 1.29 is 0 Å². The second-order valence-corrected chi connectivity index (χ2v) is 2.25. The molecule has 0 atom stereocenters. The summed E-state index contributed by atoms with van der Waals surface area (Å²) >= 11 is 0. The van der Waals surface area contributed by atoms with E-state index in [4.69, 9.17) is 0 Å². The SMILES string of the molecule is C1=NC=c2cc[nH]c2=CC1. The number of H-pyrrole nitrogens is 1. The molecular weight excluding hydrogens is 124 g/mol. The quantitative estimate of drug-likeness (QED) is 0.515. The molecule has 10 heavy (non-hydrogen) atoms. The second-order valence-electron chi connectivity index (χ2n) is 2.25. The molecule has 2 heteroatoms. The summed E-state index contributed by atoms with van der Waals surface area (Å²) in [5.74, 6) is 0. The van der Waals surface area contributed by atoms with Crippen molar-refractivity contribution in [2.45, 2.75) is 6.42 Å². The fourth-order valence-electron chi connectivity index (χ4n) is 1.05. The van der Waals surface area contributed by atoms with Crippen molar-refractivity contribution in [1.29, 1.82) is 0 Å². The van der Waals surface area contributed by atoms with Gasteiger partial charge in [0.1, 0.15) is 0 Å². The van der Waals surface area contributed by atoms with E-state index in [1.54, 1.807) is 0 Å². The molecule has 0 aromatic carbocycles. The molecule has 1 aliphatic heterocycles. The van der Waals surface area contributed by atoms with Crippen LogP contribution < -0.4 is 10.6 Å². The predicted molar refractivity (Wildman–Crippen MR) is 42.1 cm³/mol. The van der Waals surface area contributed by atoms with Crippen LogP contribution in [0, 0.1) is 0 Å². The van der Waals surface area contributed by atoms with E-state index in [0.717, 1.165) is 6.42 Å². The monoisotopic (exact) mass is 132 g/mol. The minimum atomic E-state index is 0.921. The van der Waals surface area contributed by atoms with Gasteiger partial charge in [-0.05, 0) is 6.07 Å². The molecular formula is C8H8N2. The van der Waals surface area contributed by atoms with Gasteiger partial charge in [0, 0.05) is 35.6 Å². The van der Waals surface area contributed by atoms with Gasteiger partial charge >= 0.3 is 0 Å². The lowest BCUT2D eigenvalue weighted by molar-refractivity contribution is 1.30. The minimum absolute atomic E-state index is 0.921. The maximum atomic E-state index is 4.08. The van der Waals surface area contributed by atoms with Gasteiger partial charge in [-0.3, -0.25) is 4.99 Å². The average Bonchev–Trinajstić information content (AvgIpc) is 2.28. The van der Waals surface area contributed by atoms with Crippen LogP contribution in [0.4, 0.5) is 0 Å². The Morgan fingerprint density at radius 2 is 2.50 bits per heavy atom. The number of hydrogen-bond acceptors (Lipinski definition) is 1. The van der Waals surface area contributed by atoms with Crippen LogP contribution in [-0.2, 0) is 0 Å². The Bertz CT molecular complexity index is 357. The van der Waals surface area contributed by atoms with Crippen LogP contribution >= 0.6 is 0 Å². The van der Waals surface area contributed by atoms with Gasteiger partial charge in [0.05, 0.1) is 0 Å². The molecule has 0 amide bonds. The van der Waals surface area contributed by atoms with Crippen LogP contribution in [-0.4, -0.2) is 11.2 Å². The van der Waals surface area contributed by atoms with Crippen molar-refractivity contribution in [2.24, 2.45) is 4.99 Å². The molecule has 0 radical (unpaired) electrons. The normalized spacial score (nSPS) is 14.8. The standard InChI is InChI=1S/C8H8N2/c1-2-8-7(3-5-10-8)6-9-4-1/h2-6,10H,1H2. The fraction of sp³-hybridized carbons (Fsp3) is 0.125. The van der Waals surface area contributed by atoms with Crippen LogP contribution in [0.1, 0.15) is 6.42 Å². The van der Waals surface area contributed by atoms with Crippen LogP contribution in [0.3, 0.4) is 0 Å². The molecule has 0 spiro atoms. The lowest BCUT2D eigenvalue weighted by Gasteiger charge is -1.73. The molecule has 0 saturated carbocycles. The summed E-state index contributed by atoms with van der Waals surface area (Å²) in [6, 6.07) is 2.02. The zero-order chi connectivity index (χ0) is 6.81. The van der Waals surface area contributed by atoms with Crippen molar-refractivity contribution in [3.8, 4) is 0 Å². The lowest BCUT2D eigenvalue weighted by atomic mass is 10.4. The molecule has 0 bridgehead atoms. The molecule has 0 aliphatic carbocycles. The van der Waals surface area contributed by atoms with Crippen LogP contribution in [0.25, 0.3) is 12.3 Å². The van der Waals surface area contributed by atoms with E-state index >= 15 is 0 Å². The summed E-state index contributed by atoms with van der Waals surface area (Å²) in [7, 11) is 0. The number of hydrogen-bond donors (Lipinski definition) is 1. The summed E-state index contributed by atoms with van der Waals surface area (Å²) < 4.78 is 0. The van der Waals surface area contributed by atoms with Gasteiger partial charge in [0.25, 0.3) is 0 Å². The molecule has 0 fully saturated rings. The maximum absolute atomic E-state index is 4.08. The van der Waals surface area contributed by atoms with Crippen LogP contribution in [0.2, 0.25) is 0 Å². The highest BCUT2D eigenvalue weighted by Crippen LogP contribution is 1.80. The van der Waals surface area contributed by atoms with Crippen molar-refractivity contribution in [3.63, 3.8) is 0 Å². The summed E-state index contributed by atoms with van der Waals surface area (Å²) in [6.45, 7) is 0. The van der Waals surface area contributed by atoms with Gasteiger partial charge in [-0.15, -0.1) is 0 Å².